The average Bonchev–Trinajstić information content (AvgIpc) is 3.62. The van der Waals surface area contributed by atoms with Crippen LogP contribution in [0.1, 0.15) is 0 Å². The normalized spacial score (nSPS) is 12.0. The van der Waals surface area contributed by atoms with E-state index in [2.05, 4.69) is 194 Å². The first kappa shape index (κ1) is 30.3. The predicted octanol–water partition coefficient (Wildman–Crippen LogP) is 15.5. The van der Waals surface area contributed by atoms with Crippen LogP contribution in [0.4, 0.5) is 0 Å². The van der Waals surface area contributed by atoms with Gasteiger partial charge in [-0.15, -0.1) is 0 Å². The van der Waals surface area contributed by atoms with E-state index in [-0.39, 0.29) is 0 Å². The van der Waals surface area contributed by atoms with Crippen molar-refractivity contribution in [3.63, 3.8) is 0 Å². The highest BCUT2D eigenvalue weighted by atomic mass is 16.3. The fourth-order valence-electron chi connectivity index (χ4n) is 9.03. The minimum absolute atomic E-state index is 0.903. The quantitative estimate of drug-likeness (QED) is 0.168. The van der Waals surface area contributed by atoms with E-state index in [0.29, 0.717) is 0 Å². The fourth-order valence-corrected chi connectivity index (χ4v) is 9.03. The first-order chi connectivity index (χ1) is 27.2. The third kappa shape index (κ3) is 4.73. The number of hydrogen-bond donors (Lipinski definition) is 0. The Bertz CT molecular complexity index is 3550. The number of fused-ring (bicyclic) bond motifs is 12. The van der Waals surface area contributed by atoms with E-state index in [1.54, 1.807) is 0 Å². The van der Waals surface area contributed by atoms with Gasteiger partial charge >= 0.3 is 0 Å². The van der Waals surface area contributed by atoms with Crippen molar-refractivity contribution in [2.24, 2.45) is 0 Å². The molecule has 0 spiro atoms. The maximum absolute atomic E-state index is 6.56. The highest BCUT2D eigenvalue weighted by Crippen LogP contribution is 2.42. The number of hydrogen-bond acceptors (Lipinski definition) is 1. The molecule has 0 N–H and O–H groups in total. The number of rotatable bonds is 3. The Labute approximate surface area is 317 Å². The molecule has 0 saturated carbocycles. The lowest BCUT2D eigenvalue weighted by molar-refractivity contribution is 0.669. The van der Waals surface area contributed by atoms with Gasteiger partial charge in [-0.2, -0.15) is 0 Å². The molecule has 0 radical (unpaired) electrons. The van der Waals surface area contributed by atoms with Gasteiger partial charge in [0, 0.05) is 10.8 Å². The largest absolute Gasteiger partial charge is 0.456 e. The molecule has 1 heterocycles. The van der Waals surface area contributed by atoms with Crippen LogP contribution >= 0.6 is 0 Å². The molecule has 0 amide bonds. The Morgan fingerprint density at radius 3 is 1.42 bits per heavy atom. The summed E-state index contributed by atoms with van der Waals surface area (Å²) in [6, 6.07) is 71.2. The van der Waals surface area contributed by atoms with Crippen molar-refractivity contribution < 1.29 is 4.42 Å². The molecule has 0 bridgehead atoms. The van der Waals surface area contributed by atoms with Crippen LogP contribution in [-0.4, -0.2) is 0 Å². The summed E-state index contributed by atoms with van der Waals surface area (Å²) in [5.74, 6) is 0. The summed E-state index contributed by atoms with van der Waals surface area (Å²) in [6.45, 7) is 0. The first-order valence-corrected chi connectivity index (χ1v) is 19.0. The summed E-state index contributed by atoms with van der Waals surface area (Å²) in [4.78, 5) is 0. The Balaban J connectivity index is 0.959. The molecule has 254 valence electrons. The standard InChI is InChI=1S/C54H32O/c1-2-9-37-27-38(19-13-33(37)7-1)40-23-25-47-48-26-24-41(32-52(48)55-51(47)31-40)39-20-14-34-15-21-42(29-44(34)28-39)50-30-43-22-18-36-17-16-35-8-3-4-10-45(35)53(36)54(43)49-12-6-5-11-46(49)50/h1-32H. The van der Waals surface area contributed by atoms with Gasteiger partial charge in [0.15, 0.2) is 0 Å². The van der Waals surface area contributed by atoms with Crippen LogP contribution in [0.3, 0.4) is 0 Å². The van der Waals surface area contributed by atoms with Crippen LogP contribution in [0.25, 0.3) is 120 Å². The van der Waals surface area contributed by atoms with Crippen molar-refractivity contribution in [3.8, 4) is 33.4 Å². The molecule has 0 aliphatic rings. The minimum Gasteiger partial charge on any atom is -0.456 e. The molecule has 0 fully saturated rings. The summed E-state index contributed by atoms with van der Waals surface area (Å²) in [6.07, 6.45) is 0. The fraction of sp³-hybridized carbons (Fsp3) is 0. The maximum Gasteiger partial charge on any atom is 0.136 e. The van der Waals surface area contributed by atoms with Gasteiger partial charge in [-0.1, -0.05) is 146 Å². The molecule has 0 aliphatic heterocycles. The summed E-state index contributed by atoms with van der Waals surface area (Å²) in [7, 11) is 0. The Morgan fingerprint density at radius 1 is 0.236 bits per heavy atom. The van der Waals surface area contributed by atoms with E-state index in [1.807, 2.05) is 0 Å². The zero-order valence-corrected chi connectivity index (χ0v) is 29.9. The van der Waals surface area contributed by atoms with Crippen molar-refractivity contribution >= 4 is 86.6 Å². The Hall–Kier alpha value is -7.22. The molecular weight excluding hydrogens is 665 g/mol. The minimum atomic E-state index is 0.903. The van der Waals surface area contributed by atoms with Crippen LogP contribution in [0, 0.1) is 0 Å². The molecule has 1 aromatic heterocycles. The lowest BCUT2D eigenvalue weighted by Crippen LogP contribution is -1.88. The monoisotopic (exact) mass is 696 g/mol. The lowest BCUT2D eigenvalue weighted by Gasteiger charge is -2.15. The van der Waals surface area contributed by atoms with E-state index < -0.39 is 0 Å². The second kappa shape index (κ2) is 11.6. The molecule has 0 atom stereocenters. The van der Waals surface area contributed by atoms with Crippen LogP contribution in [-0.2, 0) is 0 Å². The van der Waals surface area contributed by atoms with Crippen LogP contribution in [0.2, 0.25) is 0 Å². The molecule has 12 aromatic rings. The molecule has 12 rings (SSSR count). The zero-order valence-electron chi connectivity index (χ0n) is 29.9. The molecule has 0 unspecified atom stereocenters. The van der Waals surface area contributed by atoms with E-state index in [9.17, 15) is 0 Å². The molecule has 1 nitrogen and oxygen atoms in total. The van der Waals surface area contributed by atoms with Gasteiger partial charge in [0.1, 0.15) is 11.2 Å². The Kier molecular flexibility index (Phi) is 6.40. The zero-order chi connectivity index (χ0) is 36.0. The maximum atomic E-state index is 6.56. The van der Waals surface area contributed by atoms with Gasteiger partial charge in [0.05, 0.1) is 0 Å². The highest BCUT2D eigenvalue weighted by Gasteiger charge is 2.15. The van der Waals surface area contributed by atoms with Gasteiger partial charge in [-0.25, -0.2) is 0 Å². The summed E-state index contributed by atoms with van der Waals surface area (Å²) >= 11 is 0. The lowest BCUT2D eigenvalue weighted by atomic mass is 9.88. The molecular formula is C54H32O. The Morgan fingerprint density at radius 2 is 0.691 bits per heavy atom. The summed E-state index contributed by atoms with van der Waals surface area (Å²) in [5.41, 5.74) is 8.94. The molecule has 55 heavy (non-hydrogen) atoms. The topological polar surface area (TPSA) is 13.1 Å². The SMILES string of the molecule is c1ccc2cc(-c3ccc4c(c3)oc3cc(-c5ccc6ccc(-c7cc8ccc9ccc%10ccccc%10c9c8c8ccccc78)cc6c5)ccc34)ccc2c1. The van der Waals surface area contributed by atoms with Crippen molar-refractivity contribution in [1.29, 1.82) is 0 Å². The van der Waals surface area contributed by atoms with Gasteiger partial charge in [-0.3, -0.25) is 0 Å². The predicted molar refractivity (Wildman–Crippen MR) is 235 cm³/mol. The summed E-state index contributed by atoms with van der Waals surface area (Å²) in [5, 5.41) is 17.5. The van der Waals surface area contributed by atoms with E-state index >= 15 is 0 Å². The highest BCUT2D eigenvalue weighted by molar-refractivity contribution is 6.29. The van der Waals surface area contributed by atoms with Crippen LogP contribution < -0.4 is 0 Å². The smallest absolute Gasteiger partial charge is 0.136 e. The molecule has 0 aliphatic carbocycles. The van der Waals surface area contributed by atoms with Crippen LogP contribution in [0.5, 0.6) is 0 Å². The van der Waals surface area contributed by atoms with Gasteiger partial charge in [0.25, 0.3) is 0 Å². The third-order valence-corrected chi connectivity index (χ3v) is 11.8. The van der Waals surface area contributed by atoms with E-state index in [0.717, 1.165) is 33.1 Å². The van der Waals surface area contributed by atoms with Gasteiger partial charge < -0.3 is 4.42 Å². The van der Waals surface area contributed by atoms with Crippen LogP contribution in [0.15, 0.2) is 199 Å². The second-order valence-electron chi connectivity index (χ2n) is 14.9. The van der Waals surface area contributed by atoms with Crippen molar-refractivity contribution in [2.45, 2.75) is 0 Å². The molecule has 11 aromatic carbocycles. The van der Waals surface area contributed by atoms with Crippen molar-refractivity contribution in [2.75, 3.05) is 0 Å². The summed E-state index contributed by atoms with van der Waals surface area (Å²) < 4.78 is 6.56. The number of benzene rings is 11. The van der Waals surface area contributed by atoms with E-state index in [4.69, 9.17) is 4.42 Å². The van der Waals surface area contributed by atoms with Gasteiger partial charge in [-0.05, 0) is 147 Å². The first-order valence-electron chi connectivity index (χ1n) is 19.0. The second-order valence-corrected chi connectivity index (χ2v) is 14.9. The number of furan rings is 1. The van der Waals surface area contributed by atoms with Gasteiger partial charge in [0.2, 0.25) is 0 Å². The van der Waals surface area contributed by atoms with E-state index in [1.165, 1.54) is 86.9 Å². The average molecular weight is 697 g/mol. The molecule has 1 heteroatoms. The van der Waals surface area contributed by atoms with Crippen molar-refractivity contribution in [1.82, 2.24) is 0 Å². The molecule has 0 saturated heterocycles. The third-order valence-electron chi connectivity index (χ3n) is 11.8. The van der Waals surface area contributed by atoms with Crippen molar-refractivity contribution in [3.05, 3.63) is 194 Å².